The quantitative estimate of drug-likeness (QED) is 0.794. The van der Waals surface area contributed by atoms with Crippen molar-refractivity contribution in [2.75, 3.05) is 13.0 Å². The van der Waals surface area contributed by atoms with Gasteiger partial charge in [-0.2, -0.15) is 0 Å². The Balaban J connectivity index is 2.48. The van der Waals surface area contributed by atoms with Crippen molar-refractivity contribution in [3.63, 3.8) is 0 Å². The van der Waals surface area contributed by atoms with Crippen LogP contribution >= 0.6 is 11.6 Å². The van der Waals surface area contributed by atoms with Crippen molar-refractivity contribution >= 4 is 11.6 Å². The normalized spacial score (nSPS) is 12.1. The van der Waals surface area contributed by atoms with Crippen molar-refractivity contribution in [2.45, 2.75) is 6.04 Å². The van der Waals surface area contributed by atoms with Gasteiger partial charge in [0.15, 0.2) is 0 Å². The minimum Gasteiger partial charge on any atom is -0.480 e. The highest BCUT2D eigenvalue weighted by Gasteiger charge is 2.15. The first-order chi connectivity index (χ1) is 8.76. The number of hydrogen-bond acceptors (Lipinski definition) is 3. The Morgan fingerprint density at radius 2 is 2.00 bits per heavy atom. The van der Waals surface area contributed by atoms with Gasteiger partial charge in [-0.1, -0.05) is 30.3 Å². The Morgan fingerprint density at radius 1 is 1.28 bits per heavy atom. The maximum atomic E-state index is 11.8. The molecule has 2 rings (SSSR count). The van der Waals surface area contributed by atoms with Crippen molar-refractivity contribution in [3.05, 3.63) is 58.4 Å². The molecule has 18 heavy (non-hydrogen) atoms. The molecule has 5 heteroatoms. The first-order valence-electron chi connectivity index (χ1n) is 5.51. The molecule has 1 aromatic heterocycles. The Labute approximate surface area is 110 Å². The summed E-state index contributed by atoms with van der Waals surface area (Å²) in [5.41, 5.74) is 0.737. The molecule has 1 heterocycles. The number of methoxy groups -OCH3 is 1. The van der Waals surface area contributed by atoms with E-state index in [1.807, 2.05) is 30.3 Å². The molecule has 2 aromatic rings. The Hall–Kier alpha value is -1.81. The Bertz CT molecular complexity index is 569. The number of alkyl halides is 1. The van der Waals surface area contributed by atoms with Gasteiger partial charge < -0.3 is 4.74 Å². The van der Waals surface area contributed by atoms with Crippen LogP contribution in [-0.2, 0) is 0 Å². The summed E-state index contributed by atoms with van der Waals surface area (Å²) in [6, 6.07) is 12.2. The second-order valence-electron chi connectivity index (χ2n) is 3.74. The first kappa shape index (κ1) is 12.6. The minimum atomic E-state index is -0.296. The molecule has 0 radical (unpaired) electrons. The molecule has 0 saturated carbocycles. The molecule has 1 unspecified atom stereocenters. The number of hydrogen-bond donors (Lipinski definition) is 0. The zero-order chi connectivity index (χ0) is 13.0. The molecule has 94 valence electrons. The molecule has 0 aliphatic carbocycles. The molecular weight excluding hydrogens is 252 g/mol. The Morgan fingerprint density at radius 3 is 2.61 bits per heavy atom. The van der Waals surface area contributed by atoms with Gasteiger partial charge in [0, 0.05) is 18.0 Å². The number of halogens is 1. The fraction of sp³-hybridized carbons (Fsp3) is 0.231. The lowest BCUT2D eigenvalue weighted by molar-refractivity contribution is 0.371. The summed E-state index contributed by atoms with van der Waals surface area (Å²) in [6.07, 6.45) is 0. The summed E-state index contributed by atoms with van der Waals surface area (Å²) >= 11 is 5.96. The van der Waals surface area contributed by atoms with Crippen LogP contribution in [0.3, 0.4) is 0 Å². The minimum absolute atomic E-state index is 0.203. The topological polar surface area (TPSA) is 44.1 Å². The van der Waals surface area contributed by atoms with Gasteiger partial charge in [0.05, 0.1) is 13.2 Å². The second-order valence-corrected chi connectivity index (χ2v) is 4.05. The summed E-state index contributed by atoms with van der Waals surface area (Å²) in [7, 11) is 1.51. The fourth-order valence-corrected chi connectivity index (χ4v) is 2.02. The molecule has 0 amide bonds. The average Bonchev–Trinajstić information content (AvgIpc) is 2.43. The number of benzene rings is 1. The second kappa shape index (κ2) is 5.69. The number of ether oxygens (including phenoxy) is 1. The van der Waals surface area contributed by atoms with Crippen LogP contribution in [0.4, 0.5) is 0 Å². The van der Waals surface area contributed by atoms with Gasteiger partial charge in [-0.15, -0.1) is 16.7 Å². The van der Waals surface area contributed by atoms with E-state index < -0.39 is 0 Å². The van der Waals surface area contributed by atoms with E-state index >= 15 is 0 Å². The lowest BCUT2D eigenvalue weighted by Gasteiger charge is -2.16. The van der Waals surface area contributed by atoms with Crippen molar-refractivity contribution in [3.8, 4) is 5.88 Å². The third-order valence-electron chi connectivity index (χ3n) is 2.64. The van der Waals surface area contributed by atoms with Gasteiger partial charge in [0.2, 0.25) is 5.88 Å². The smallest absolute Gasteiger partial charge is 0.267 e. The monoisotopic (exact) mass is 264 g/mol. The molecule has 1 atom stereocenters. The first-order valence-corrected chi connectivity index (χ1v) is 6.04. The molecule has 0 fully saturated rings. The van der Waals surface area contributed by atoms with E-state index in [0.717, 1.165) is 5.56 Å². The van der Waals surface area contributed by atoms with Gasteiger partial charge in [0.1, 0.15) is 0 Å². The summed E-state index contributed by atoms with van der Waals surface area (Å²) in [5.74, 6) is 0.657. The highest BCUT2D eigenvalue weighted by atomic mass is 35.5. The van der Waals surface area contributed by atoms with Crippen LogP contribution < -0.4 is 10.3 Å². The summed E-state index contributed by atoms with van der Waals surface area (Å²) in [4.78, 5) is 11.8. The summed E-state index contributed by atoms with van der Waals surface area (Å²) < 4.78 is 6.37. The van der Waals surface area contributed by atoms with Crippen molar-refractivity contribution in [1.82, 2.24) is 9.78 Å². The molecule has 1 aromatic carbocycles. The van der Waals surface area contributed by atoms with Crippen LogP contribution in [0, 0.1) is 0 Å². The van der Waals surface area contributed by atoms with Crippen LogP contribution in [0.15, 0.2) is 47.3 Å². The van der Waals surface area contributed by atoms with Gasteiger partial charge in [0.25, 0.3) is 5.56 Å². The number of rotatable bonds is 4. The van der Waals surface area contributed by atoms with Crippen LogP contribution in [0.5, 0.6) is 5.88 Å². The van der Waals surface area contributed by atoms with Crippen molar-refractivity contribution in [2.24, 2.45) is 0 Å². The van der Waals surface area contributed by atoms with E-state index in [0.29, 0.717) is 5.88 Å². The van der Waals surface area contributed by atoms with E-state index in [1.165, 1.54) is 23.9 Å². The maximum Gasteiger partial charge on any atom is 0.267 e. The third-order valence-corrected chi connectivity index (χ3v) is 2.93. The molecule has 4 nitrogen and oxygen atoms in total. The average molecular weight is 265 g/mol. The zero-order valence-corrected chi connectivity index (χ0v) is 10.7. The van der Waals surface area contributed by atoms with Gasteiger partial charge in [-0.25, -0.2) is 4.68 Å². The van der Waals surface area contributed by atoms with E-state index in [4.69, 9.17) is 16.3 Å². The van der Waals surface area contributed by atoms with Crippen LogP contribution in [0.2, 0.25) is 0 Å². The molecule has 0 N–H and O–H groups in total. The van der Waals surface area contributed by atoms with E-state index in [-0.39, 0.29) is 17.5 Å². The largest absolute Gasteiger partial charge is 0.480 e. The van der Waals surface area contributed by atoms with Crippen LogP contribution in [-0.4, -0.2) is 22.8 Å². The molecule has 0 bridgehead atoms. The predicted molar refractivity (Wildman–Crippen MR) is 70.4 cm³/mol. The van der Waals surface area contributed by atoms with E-state index in [2.05, 4.69) is 5.10 Å². The van der Waals surface area contributed by atoms with Crippen molar-refractivity contribution in [1.29, 1.82) is 0 Å². The van der Waals surface area contributed by atoms with Gasteiger partial charge >= 0.3 is 0 Å². The summed E-state index contributed by atoms with van der Waals surface area (Å²) in [6.45, 7) is 0. The van der Waals surface area contributed by atoms with E-state index in [1.54, 1.807) is 0 Å². The number of aromatic nitrogens is 2. The highest BCUT2D eigenvalue weighted by molar-refractivity contribution is 6.18. The maximum absolute atomic E-state index is 11.8. The van der Waals surface area contributed by atoms with E-state index in [9.17, 15) is 4.79 Å². The molecular formula is C13H13ClN2O2. The molecule has 0 aliphatic heterocycles. The highest BCUT2D eigenvalue weighted by Crippen LogP contribution is 2.17. The van der Waals surface area contributed by atoms with Crippen LogP contribution in [0.1, 0.15) is 11.6 Å². The molecule has 0 aliphatic rings. The SMILES string of the molecule is COc1ccc(=O)n(C(CCl)c2ccccc2)n1. The summed E-state index contributed by atoms with van der Waals surface area (Å²) in [5, 5.41) is 4.14. The lowest BCUT2D eigenvalue weighted by Crippen LogP contribution is -2.28. The van der Waals surface area contributed by atoms with Crippen molar-refractivity contribution < 1.29 is 4.74 Å². The van der Waals surface area contributed by atoms with Gasteiger partial charge in [-0.05, 0) is 5.56 Å². The standard InChI is InChI=1S/C13H13ClN2O2/c1-18-12-7-8-13(17)16(15-12)11(9-14)10-5-3-2-4-6-10/h2-8,11H,9H2,1H3. The Kier molecular flexibility index (Phi) is 3.99. The molecule has 0 spiro atoms. The zero-order valence-electron chi connectivity index (χ0n) is 9.91. The van der Waals surface area contributed by atoms with Crippen LogP contribution in [0.25, 0.3) is 0 Å². The third kappa shape index (κ3) is 2.54. The predicted octanol–water partition coefficient (Wildman–Crippen LogP) is 2.08. The molecule has 0 saturated heterocycles. The lowest BCUT2D eigenvalue weighted by atomic mass is 10.1. The van der Waals surface area contributed by atoms with Gasteiger partial charge in [-0.3, -0.25) is 4.79 Å². The fourth-order valence-electron chi connectivity index (χ4n) is 1.71. The number of nitrogens with zero attached hydrogens (tertiary/aromatic N) is 2.